The fraction of sp³-hybridized carbons (Fsp3) is 0.538. The number of carbonyl (C=O) groups is 2. The molecule has 8 nitrogen and oxygen atoms in total. The average molecular weight is 295 g/mol. The van der Waals surface area contributed by atoms with Crippen LogP contribution in [0.2, 0.25) is 0 Å². The van der Waals surface area contributed by atoms with Crippen LogP contribution in [0, 0.1) is 10.1 Å². The summed E-state index contributed by atoms with van der Waals surface area (Å²) in [6, 6.07) is 2.35. The van der Waals surface area contributed by atoms with E-state index in [0.717, 1.165) is 38.4 Å². The minimum Gasteiger partial charge on any atom is -0.395 e. The number of piperidine rings is 1. The van der Waals surface area contributed by atoms with Crippen molar-refractivity contribution in [2.24, 2.45) is 0 Å². The molecule has 0 unspecified atom stereocenters. The maximum absolute atomic E-state index is 11.9. The van der Waals surface area contributed by atoms with E-state index < -0.39 is 16.7 Å². The van der Waals surface area contributed by atoms with Gasteiger partial charge in [-0.3, -0.25) is 19.7 Å². The van der Waals surface area contributed by atoms with Gasteiger partial charge in [-0.15, -0.1) is 0 Å². The molecule has 0 bridgehead atoms. The molecular weight excluding hydrogens is 278 g/mol. The first-order valence-corrected chi connectivity index (χ1v) is 6.88. The molecule has 0 aliphatic carbocycles. The van der Waals surface area contributed by atoms with Crippen molar-refractivity contribution in [2.45, 2.75) is 25.7 Å². The fourth-order valence-electron chi connectivity index (χ4n) is 2.22. The zero-order valence-electron chi connectivity index (χ0n) is 11.5. The maximum atomic E-state index is 11.9. The highest BCUT2D eigenvalue weighted by molar-refractivity contribution is 5.92. The Kier molecular flexibility index (Phi) is 4.91. The van der Waals surface area contributed by atoms with Crippen LogP contribution in [0.5, 0.6) is 0 Å². The summed E-state index contributed by atoms with van der Waals surface area (Å²) >= 11 is 0. The molecule has 2 amide bonds. The van der Waals surface area contributed by atoms with Gasteiger partial charge < -0.3 is 14.6 Å². The molecule has 0 atom stereocenters. The molecule has 1 aromatic rings. The zero-order chi connectivity index (χ0) is 15.2. The molecule has 0 radical (unpaired) electrons. The van der Waals surface area contributed by atoms with Crippen molar-refractivity contribution in [3.8, 4) is 0 Å². The molecule has 8 heteroatoms. The van der Waals surface area contributed by atoms with Crippen molar-refractivity contribution in [3.63, 3.8) is 0 Å². The summed E-state index contributed by atoms with van der Waals surface area (Å²) in [5.41, 5.74) is 0. The van der Waals surface area contributed by atoms with Crippen molar-refractivity contribution in [1.29, 1.82) is 0 Å². The maximum Gasteiger partial charge on any atom is 0.433 e. The van der Waals surface area contributed by atoms with Gasteiger partial charge in [0.25, 0.3) is 5.91 Å². The summed E-state index contributed by atoms with van der Waals surface area (Å²) in [7, 11) is 0. The van der Waals surface area contributed by atoms with E-state index in [-0.39, 0.29) is 24.6 Å². The Balaban J connectivity index is 1.75. The van der Waals surface area contributed by atoms with Gasteiger partial charge in [0.15, 0.2) is 5.76 Å². The molecule has 0 aromatic carbocycles. The third-order valence-electron chi connectivity index (χ3n) is 3.33. The molecule has 2 heterocycles. The predicted octanol–water partition coefficient (Wildman–Crippen LogP) is 1.32. The number of hydrogen-bond acceptors (Lipinski definition) is 5. The van der Waals surface area contributed by atoms with Crippen LogP contribution in [0.1, 0.15) is 36.2 Å². The summed E-state index contributed by atoms with van der Waals surface area (Å²) in [4.78, 5) is 35.1. The monoisotopic (exact) mass is 295 g/mol. The molecule has 2 rings (SSSR count). The molecule has 114 valence electrons. The topological polar surface area (TPSA) is 106 Å². The van der Waals surface area contributed by atoms with Crippen molar-refractivity contribution in [1.82, 2.24) is 10.2 Å². The Labute approximate surface area is 121 Å². The molecule has 1 saturated heterocycles. The lowest BCUT2D eigenvalue weighted by Crippen LogP contribution is -2.37. The number of amides is 2. The van der Waals surface area contributed by atoms with Gasteiger partial charge in [-0.1, -0.05) is 0 Å². The zero-order valence-corrected chi connectivity index (χ0v) is 11.5. The van der Waals surface area contributed by atoms with Gasteiger partial charge >= 0.3 is 5.88 Å². The van der Waals surface area contributed by atoms with Crippen LogP contribution in [0.25, 0.3) is 0 Å². The number of hydrogen-bond donors (Lipinski definition) is 1. The number of likely N-dealkylation sites (tertiary alicyclic amines) is 1. The molecule has 1 aromatic heterocycles. The predicted molar refractivity (Wildman–Crippen MR) is 72.7 cm³/mol. The summed E-state index contributed by atoms with van der Waals surface area (Å²) < 4.78 is 4.77. The Hall–Kier alpha value is -2.38. The quantitative estimate of drug-likeness (QED) is 0.651. The molecular formula is C13H17N3O5. The van der Waals surface area contributed by atoms with Gasteiger partial charge in [-0.2, -0.15) is 0 Å². The van der Waals surface area contributed by atoms with Crippen LogP contribution >= 0.6 is 0 Å². The fourth-order valence-corrected chi connectivity index (χ4v) is 2.22. The number of nitro groups is 1. The van der Waals surface area contributed by atoms with Gasteiger partial charge in [0.2, 0.25) is 5.91 Å². The first kappa shape index (κ1) is 15.0. The molecule has 21 heavy (non-hydrogen) atoms. The third kappa shape index (κ3) is 4.04. The number of carbonyl (C=O) groups excluding carboxylic acids is 2. The second kappa shape index (κ2) is 6.87. The summed E-state index contributed by atoms with van der Waals surface area (Å²) in [6.07, 6.45) is 3.41. The minimum absolute atomic E-state index is 0.0143. The normalized spacial score (nSPS) is 14.8. The van der Waals surface area contributed by atoms with E-state index in [4.69, 9.17) is 4.42 Å². The molecule has 1 fully saturated rings. The number of rotatable bonds is 5. The highest BCUT2D eigenvalue weighted by Crippen LogP contribution is 2.15. The first-order chi connectivity index (χ1) is 10.1. The van der Waals surface area contributed by atoms with E-state index in [9.17, 15) is 19.7 Å². The van der Waals surface area contributed by atoms with Gasteiger partial charge in [0.05, 0.1) is 6.07 Å². The summed E-state index contributed by atoms with van der Waals surface area (Å²) in [5, 5.41) is 13.0. The van der Waals surface area contributed by atoms with E-state index in [1.54, 1.807) is 4.90 Å². The lowest BCUT2D eigenvalue weighted by molar-refractivity contribution is -0.402. The Morgan fingerprint density at radius 3 is 2.62 bits per heavy atom. The first-order valence-electron chi connectivity index (χ1n) is 6.88. The highest BCUT2D eigenvalue weighted by atomic mass is 16.6. The second-order valence-corrected chi connectivity index (χ2v) is 4.84. The van der Waals surface area contributed by atoms with Gasteiger partial charge in [-0.25, -0.2) is 0 Å². The Morgan fingerprint density at radius 1 is 1.29 bits per heavy atom. The summed E-state index contributed by atoms with van der Waals surface area (Å²) in [6.45, 7) is 1.73. The Bertz CT molecular complexity index is 534. The van der Waals surface area contributed by atoms with Crippen LogP contribution in [-0.2, 0) is 4.79 Å². The Morgan fingerprint density at radius 2 is 2.00 bits per heavy atom. The van der Waals surface area contributed by atoms with Crippen LogP contribution in [0.3, 0.4) is 0 Å². The van der Waals surface area contributed by atoms with Gasteiger partial charge in [0.1, 0.15) is 4.92 Å². The standard InChI is InChI=1S/C13H17N3O5/c17-11(15-8-2-1-3-9-15)6-7-14-13(18)10-4-5-12(21-10)16(19)20/h4-5H,1-3,6-9H2,(H,14,18). The van der Waals surface area contributed by atoms with Crippen molar-refractivity contribution < 1.29 is 18.9 Å². The van der Waals surface area contributed by atoms with Crippen molar-refractivity contribution in [3.05, 3.63) is 28.0 Å². The number of furan rings is 1. The van der Waals surface area contributed by atoms with E-state index >= 15 is 0 Å². The number of nitrogens with one attached hydrogen (secondary N) is 1. The second-order valence-electron chi connectivity index (χ2n) is 4.84. The van der Waals surface area contributed by atoms with E-state index in [0.29, 0.717) is 0 Å². The van der Waals surface area contributed by atoms with Crippen LogP contribution in [0.4, 0.5) is 5.88 Å². The molecule has 0 saturated carbocycles. The number of nitrogens with zero attached hydrogens (tertiary/aromatic N) is 2. The smallest absolute Gasteiger partial charge is 0.395 e. The van der Waals surface area contributed by atoms with Crippen molar-refractivity contribution in [2.75, 3.05) is 19.6 Å². The lowest BCUT2D eigenvalue weighted by atomic mass is 10.1. The van der Waals surface area contributed by atoms with Gasteiger partial charge in [0, 0.05) is 26.1 Å². The van der Waals surface area contributed by atoms with Crippen molar-refractivity contribution >= 4 is 17.7 Å². The average Bonchev–Trinajstić information content (AvgIpc) is 2.98. The van der Waals surface area contributed by atoms with E-state index in [2.05, 4.69) is 5.32 Å². The van der Waals surface area contributed by atoms with E-state index in [1.807, 2.05) is 0 Å². The summed E-state index contributed by atoms with van der Waals surface area (Å²) in [5.74, 6) is -1.16. The lowest BCUT2D eigenvalue weighted by Gasteiger charge is -2.26. The van der Waals surface area contributed by atoms with Gasteiger partial charge in [-0.05, 0) is 25.3 Å². The highest BCUT2D eigenvalue weighted by Gasteiger charge is 2.19. The molecule has 0 spiro atoms. The molecule has 1 aliphatic heterocycles. The minimum atomic E-state index is -0.712. The SMILES string of the molecule is O=C(NCCC(=O)N1CCCCC1)c1ccc([N+](=O)[O-])o1. The third-order valence-corrected chi connectivity index (χ3v) is 3.33. The molecule has 1 aliphatic rings. The molecule has 1 N–H and O–H groups in total. The van der Waals surface area contributed by atoms with Crippen LogP contribution < -0.4 is 5.32 Å². The van der Waals surface area contributed by atoms with Crippen LogP contribution in [-0.4, -0.2) is 41.3 Å². The van der Waals surface area contributed by atoms with Crippen LogP contribution in [0.15, 0.2) is 16.5 Å². The van der Waals surface area contributed by atoms with E-state index in [1.165, 1.54) is 6.07 Å². The largest absolute Gasteiger partial charge is 0.433 e.